The van der Waals surface area contributed by atoms with E-state index in [-0.39, 0.29) is 11.3 Å². The highest BCUT2D eigenvalue weighted by Gasteiger charge is 2.19. The molecule has 8 nitrogen and oxygen atoms in total. The Labute approximate surface area is 209 Å². The van der Waals surface area contributed by atoms with Crippen molar-refractivity contribution in [1.82, 2.24) is 5.43 Å². The van der Waals surface area contributed by atoms with Crippen LogP contribution >= 0.6 is 27.5 Å². The molecule has 0 saturated carbocycles. The monoisotopic (exact) mass is 546 g/mol. The number of nitrogens with one attached hydrogen (secondary N) is 1. The largest absolute Gasteiger partial charge is 0.493 e. The van der Waals surface area contributed by atoms with Crippen molar-refractivity contribution in [2.45, 2.75) is 0 Å². The van der Waals surface area contributed by atoms with Crippen molar-refractivity contribution in [2.75, 3.05) is 21.3 Å². The van der Waals surface area contributed by atoms with Gasteiger partial charge in [-0.15, -0.1) is 0 Å². The van der Waals surface area contributed by atoms with Gasteiger partial charge in [0.1, 0.15) is 5.75 Å². The first-order valence-corrected chi connectivity index (χ1v) is 10.9. The van der Waals surface area contributed by atoms with Gasteiger partial charge in [-0.1, -0.05) is 27.5 Å². The number of amides is 1. The number of carbonyl (C=O) groups excluding carboxylic acids is 2. The molecule has 0 radical (unpaired) electrons. The van der Waals surface area contributed by atoms with E-state index < -0.39 is 11.9 Å². The summed E-state index contributed by atoms with van der Waals surface area (Å²) in [7, 11) is 4.37. The lowest BCUT2D eigenvalue weighted by Crippen LogP contribution is -2.17. The third-order valence-corrected chi connectivity index (χ3v) is 5.30. The molecule has 176 valence electrons. The minimum Gasteiger partial charge on any atom is -0.493 e. The molecule has 0 aromatic heterocycles. The Kier molecular flexibility index (Phi) is 8.50. The normalized spacial score (nSPS) is 10.6. The number of ether oxygens (including phenoxy) is 4. The summed E-state index contributed by atoms with van der Waals surface area (Å²) in [4.78, 5) is 25.1. The van der Waals surface area contributed by atoms with Crippen LogP contribution in [-0.2, 0) is 0 Å². The third-order valence-electron chi connectivity index (χ3n) is 4.55. The summed E-state index contributed by atoms with van der Waals surface area (Å²) in [6, 6.07) is 14.4. The van der Waals surface area contributed by atoms with Gasteiger partial charge in [-0.25, -0.2) is 10.2 Å². The second-order valence-electron chi connectivity index (χ2n) is 6.69. The number of nitrogens with zero attached hydrogens (tertiary/aromatic N) is 1. The van der Waals surface area contributed by atoms with E-state index in [2.05, 4.69) is 26.5 Å². The number of hydrogen-bond acceptors (Lipinski definition) is 7. The molecule has 3 rings (SSSR count). The van der Waals surface area contributed by atoms with Crippen LogP contribution in [0.3, 0.4) is 0 Å². The van der Waals surface area contributed by atoms with Crippen molar-refractivity contribution >= 4 is 45.6 Å². The van der Waals surface area contributed by atoms with Crippen LogP contribution in [0.4, 0.5) is 0 Å². The zero-order valence-electron chi connectivity index (χ0n) is 18.4. The molecule has 0 aliphatic heterocycles. The number of esters is 1. The highest BCUT2D eigenvalue weighted by molar-refractivity contribution is 9.10. The van der Waals surface area contributed by atoms with Crippen molar-refractivity contribution in [3.05, 3.63) is 80.8 Å². The molecule has 0 fully saturated rings. The fourth-order valence-electron chi connectivity index (χ4n) is 2.90. The maximum atomic E-state index is 12.9. The molecule has 34 heavy (non-hydrogen) atoms. The number of hydrogen-bond donors (Lipinski definition) is 1. The number of rotatable bonds is 8. The highest BCUT2D eigenvalue weighted by Crippen LogP contribution is 2.38. The lowest BCUT2D eigenvalue weighted by Gasteiger charge is -2.14. The van der Waals surface area contributed by atoms with Crippen molar-refractivity contribution in [3.63, 3.8) is 0 Å². The minimum absolute atomic E-state index is 0.191. The van der Waals surface area contributed by atoms with Gasteiger partial charge < -0.3 is 18.9 Å². The minimum atomic E-state index is -0.651. The molecule has 0 spiro atoms. The van der Waals surface area contributed by atoms with Crippen LogP contribution in [0, 0.1) is 0 Å². The Balaban J connectivity index is 1.81. The third kappa shape index (κ3) is 6.06. The van der Waals surface area contributed by atoms with E-state index in [0.717, 1.165) is 4.47 Å². The molecule has 0 aliphatic carbocycles. The topological polar surface area (TPSA) is 95.5 Å². The second-order valence-corrected chi connectivity index (χ2v) is 8.04. The Morgan fingerprint density at radius 1 is 0.882 bits per heavy atom. The first-order valence-electron chi connectivity index (χ1n) is 9.77. The lowest BCUT2D eigenvalue weighted by molar-refractivity contribution is 0.0733. The van der Waals surface area contributed by atoms with E-state index in [1.54, 1.807) is 42.5 Å². The summed E-state index contributed by atoms with van der Waals surface area (Å²) in [5.74, 6) is 0.147. The van der Waals surface area contributed by atoms with Crippen molar-refractivity contribution < 1.29 is 28.5 Å². The molecule has 0 unspecified atom stereocenters. The molecule has 1 amide bonds. The summed E-state index contributed by atoms with van der Waals surface area (Å²) < 4.78 is 22.2. The summed E-state index contributed by atoms with van der Waals surface area (Å²) in [5.41, 5.74) is 3.46. The van der Waals surface area contributed by atoms with Crippen LogP contribution < -0.4 is 24.4 Å². The molecule has 3 aromatic carbocycles. The smallest absolute Gasteiger partial charge is 0.343 e. The van der Waals surface area contributed by atoms with Crippen molar-refractivity contribution in [3.8, 4) is 23.0 Å². The van der Waals surface area contributed by atoms with Gasteiger partial charge in [-0.05, 0) is 54.6 Å². The molecular weight excluding hydrogens is 528 g/mol. The zero-order valence-corrected chi connectivity index (χ0v) is 20.8. The van der Waals surface area contributed by atoms with E-state index in [1.165, 1.54) is 39.7 Å². The number of methoxy groups -OCH3 is 3. The van der Waals surface area contributed by atoms with Crippen LogP contribution in [0.2, 0.25) is 5.02 Å². The average Bonchev–Trinajstić information content (AvgIpc) is 2.84. The summed E-state index contributed by atoms with van der Waals surface area (Å²) >= 11 is 9.22. The van der Waals surface area contributed by atoms with Gasteiger partial charge in [-0.2, -0.15) is 5.10 Å². The SMILES string of the molecule is COc1cc(C(=O)Oc2ccc(Br)cc2C=NNC(=O)c2ccc(Cl)cc2)cc(OC)c1OC. The fourth-order valence-corrected chi connectivity index (χ4v) is 3.40. The van der Waals surface area contributed by atoms with Gasteiger partial charge in [0, 0.05) is 20.6 Å². The Morgan fingerprint density at radius 2 is 1.53 bits per heavy atom. The van der Waals surface area contributed by atoms with Gasteiger partial charge in [0.05, 0.1) is 33.1 Å². The van der Waals surface area contributed by atoms with E-state index >= 15 is 0 Å². The van der Waals surface area contributed by atoms with Gasteiger partial charge in [0.25, 0.3) is 5.91 Å². The summed E-state index contributed by atoms with van der Waals surface area (Å²) in [6.07, 6.45) is 1.37. The average molecular weight is 548 g/mol. The molecule has 0 atom stereocenters. The molecule has 0 saturated heterocycles. The van der Waals surface area contributed by atoms with Crippen LogP contribution in [0.1, 0.15) is 26.3 Å². The predicted molar refractivity (Wildman–Crippen MR) is 132 cm³/mol. The predicted octanol–water partition coefficient (Wildman–Crippen LogP) is 5.11. The number of hydrazone groups is 1. The molecule has 0 aliphatic rings. The standard InChI is InChI=1S/C24H20BrClN2O6/c1-31-20-11-15(12-21(32-2)22(20)33-3)24(30)34-19-9-6-17(25)10-16(19)13-27-28-23(29)14-4-7-18(26)8-5-14/h4-13H,1-3H3,(H,28,29). The Hall–Kier alpha value is -3.56. The summed E-state index contributed by atoms with van der Waals surface area (Å²) in [6.45, 7) is 0. The lowest BCUT2D eigenvalue weighted by atomic mass is 10.1. The zero-order chi connectivity index (χ0) is 24.7. The Morgan fingerprint density at radius 3 is 2.12 bits per heavy atom. The molecule has 10 heteroatoms. The van der Waals surface area contributed by atoms with Crippen molar-refractivity contribution in [2.24, 2.45) is 5.10 Å². The van der Waals surface area contributed by atoms with Gasteiger partial charge in [-0.3, -0.25) is 4.79 Å². The first-order chi connectivity index (χ1) is 16.4. The van der Waals surface area contributed by atoms with Gasteiger partial charge in [0.2, 0.25) is 5.75 Å². The quantitative estimate of drug-likeness (QED) is 0.182. The van der Waals surface area contributed by atoms with Gasteiger partial charge in [0.15, 0.2) is 11.5 Å². The maximum Gasteiger partial charge on any atom is 0.343 e. The van der Waals surface area contributed by atoms with E-state index in [9.17, 15) is 9.59 Å². The molecular formula is C24H20BrClN2O6. The van der Waals surface area contributed by atoms with E-state index in [0.29, 0.717) is 33.4 Å². The van der Waals surface area contributed by atoms with Crippen LogP contribution in [0.25, 0.3) is 0 Å². The fraction of sp³-hybridized carbons (Fsp3) is 0.125. The molecule has 0 heterocycles. The highest BCUT2D eigenvalue weighted by atomic mass is 79.9. The number of benzene rings is 3. The number of halogens is 2. The molecule has 3 aromatic rings. The second kappa shape index (κ2) is 11.5. The maximum absolute atomic E-state index is 12.9. The van der Waals surface area contributed by atoms with E-state index in [1.807, 2.05) is 0 Å². The Bertz CT molecular complexity index is 1210. The van der Waals surface area contributed by atoms with Crippen LogP contribution in [0.5, 0.6) is 23.0 Å². The molecule has 0 bridgehead atoms. The summed E-state index contributed by atoms with van der Waals surface area (Å²) in [5, 5.41) is 4.49. The van der Waals surface area contributed by atoms with E-state index in [4.69, 9.17) is 30.5 Å². The van der Waals surface area contributed by atoms with Crippen LogP contribution in [0.15, 0.2) is 64.2 Å². The van der Waals surface area contributed by atoms with Crippen molar-refractivity contribution in [1.29, 1.82) is 0 Å². The number of carbonyl (C=O) groups is 2. The molecule has 1 N–H and O–H groups in total. The van der Waals surface area contributed by atoms with Gasteiger partial charge >= 0.3 is 5.97 Å². The first kappa shape index (κ1) is 25.1. The van der Waals surface area contributed by atoms with Crippen LogP contribution in [-0.4, -0.2) is 39.4 Å².